The maximum Gasteiger partial charge on any atom is 0.264 e. The van der Waals surface area contributed by atoms with Crippen LogP contribution in [0.4, 0.5) is 11.4 Å². The summed E-state index contributed by atoms with van der Waals surface area (Å²) in [7, 11) is -6.17. The second kappa shape index (κ2) is 10.9. The predicted octanol–water partition coefficient (Wildman–Crippen LogP) is 3.62. The molecule has 0 aliphatic carbocycles. The molecule has 0 atom stereocenters. The van der Waals surface area contributed by atoms with Crippen LogP contribution in [0.25, 0.3) is 0 Å². The zero-order valence-corrected chi connectivity index (χ0v) is 22.3. The van der Waals surface area contributed by atoms with Gasteiger partial charge >= 0.3 is 0 Å². The third-order valence-electron chi connectivity index (χ3n) is 6.10. The number of hydrogen-bond donors (Lipinski definition) is 1. The molecule has 11 heteroatoms. The number of anilines is 2. The third-order valence-corrected chi connectivity index (χ3v) is 9.80. The van der Waals surface area contributed by atoms with Crippen molar-refractivity contribution in [2.24, 2.45) is 0 Å². The normalized spacial score (nSPS) is 14.3. The lowest BCUT2D eigenvalue weighted by Crippen LogP contribution is -2.38. The molecular weight excluding hydrogens is 514 g/mol. The summed E-state index contributed by atoms with van der Waals surface area (Å²) in [6, 6.07) is 18.6. The van der Waals surface area contributed by atoms with Gasteiger partial charge in [0, 0.05) is 18.8 Å². The van der Waals surface area contributed by atoms with Crippen molar-refractivity contribution in [3.8, 4) is 5.75 Å². The summed E-state index contributed by atoms with van der Waals surface area (Å²) in [5.41, 5.74) is 1.64. The van der Waals surface area contributed by atoms with Crippen molar-refractivity contribution in [1.82, 2.24) is 4.31 Å². The number of rotatable bonds is 9. The first-order valence-corrected chi connectivity index (χ1v) is 14.6. The van der Waals surface area contributed by atoms with E-state index in [2.05, 4.69) is 5.32 Å². The Morgan fingerprint density at radius 1 is 0.865 bits per heavy atom. The molecule has 0 bridgehead atoms. The van der Waals surface area contributed by atoms with Crippen molar-refractivity contribution in [3.05, 3.63) is 78.4 Å². The molecule has 1 heterocycles. The van der Waals surface area contributed by atoms with Gasteiger partial charge in [0.05, 0.1) is 22.6 Å². The Balaban J connectivity index is 1.55. The molecule has 0 aromatic heterocycles. The van der Waals surface area contributed by atoms with Gasteiger partial charge in [0.15, 0.2) is 0 Å². The monoisotopic (exact) mass is 543 g/mol. The van der Waals surface area contributed by atoms with Crippen molar-refractivity contribution >= 4 is 37.3 Å². The molecule has 1 aliphatic rings. The number of carbonyl (C=O) groups is 1. The summed E-state index contributed by atoms with van der Waals surface area (Å²) >= 11 is 0. The average molecular weight is 544 g/mol. The highest BCUT2D eigenvalue weighted by atomic mass is 32.2. The molecule has 37 heavy (non-hydrogen) atoms. The fourth-order valence-corrected chi connectivity index (χ4v) is 6.96. The number of benzene rings is 3. The van der Waals surface area contributed by atoms with E-state index in [-0.39, 0.29) is 9.79 Å². The quantitative estimate of drug-likeness (QED) is 0.441. The molecule has 3 aromatic rings. The number of carbonyl (C=O) groups excluding carboxylic acids is 1. The van der Waals surface area contributed by atoms with Crippen LogP contribution in [0.1, 0.15) is 18.4 Å². The molecule has 1 amide bonds. The maximum atomic E-state index is 13.5. The average Bonchev–Trinajstić information content (AvgIpc) is 3.44. The topological polar surface area (TPSA) is 113 Å². The van der Waals surface area contributed by atoms with Gasteiger partial charge in [-0.05, 0) is 80.4 Å². The lowest BCUT2D eigenvalue weighted by molar-refractivity contribution is -0.114. The van der Waals surface area contributed by atoms with Crippen LogP contribution in [0.15, 0.2) is 82.6 Å². The van der Waals surface area contributed by atoms with Gasteiger partial charge in [-0.2, -0.15) is 4.31 Å². The van der Waals surface area contributed by atoms with E-state index >= 15 is 0 Å². The molecule has 196 valence electrons. The van der Waals surface area contributed by atoms with Crippen LogP contribution < -0.4 is 14.4 Å². The van der Waals surface area contributed by atoms with E-state index in [1.165, 1.54) is 59.9 Å². The maximum absolute atomic E-state index is 13.5. The largest absolute Gasteiger partial charge is 0.497 e. The van der Waals surface area contributed by atoms with E-state index in [9.17, 15) is 21.6 Å². The molecule has 1 saturated heterocycles. The van der Waals surface area contributed by atoms with Gasteiger partial charge in [-0.1, -0.05) is 17.7 Å². The molecule has 0 unspecified atom stereocenters. The lowest BCUT2D eigenvalue weighted by Gasteiger charge is -2.24. The van der Waals surface area contributed by atoms with Crippen LogP contribution in [-0.2, 0) is 24.8 Å². The van der Waals surface area contributed by atoms with Gasteiger partial charge in [0.1, 0.15) is 12.3 Å². The number of hydrogen-bond acceptors (Lipinski definition) is 6. The van der Waals surface area contributed by atoms with E-state index in [4.69, 9.17) is 4.74 Å². The first-order chi connectivity index (χ1) is 17.6. The molecule has 3 aromatic carbocycles. The Hall–Kier alpha value is -3.41. The van der Waals surface area contributed by atoms with Gasteiger partial charge in [0.25, 0.3) is 10.0 Å². The van der Waals surface area contributed by atoms with Gasteiger partial charge in [0.2, 0.25) is 15.9 Å². The zero-order valence-electron chi connectivity index (χ0n) is 20.6. The molecule has 0 spiro atoms. The van der Waals surface area contributed by atoms with E-state index < -0.39 is 32.5 Å². The summed E-state index contributed by atoms with van der Waals surface area (Å²) in [5.74, 6) is -0.0680. The van der Waals surface area contributed by atoms with Crippen LogP contribution in [0.2, 0.25) is 0 Å². The highest BCUT2D eigenvalue weighted by Gasteiger charge is 2.29. The van der Waals surface area contributed by atoms with Crippen LogP contribution in [0.5, 0.6) is 5.75 Å². The van der Waals surface area contributed by atoms with Crippen LogP contribution in [0, 0.1) is 6.92 Å². The van der Waals surface area contributed by atoms with Gasteiger partial charge in [-0.25, -0.2) is 16.8 Å². The Morgan fingerprint density at radius 3 is 2.00 bits per heavy atom. The van der Waals surface area contributed by atoms with Crippen molar-refractivity contribution in [2.75, 3.05) is 36.4 Å². The van der Waals surface area contributed by atoms with Crippen molar-refractivity contribution in [2.45, 2.75) is 29.6 Å². The summed E-state index contributed by atoms with van der Waals surface area (Å²) in [6.45, 7) is 2.40. The summed E-state index contributed by atoms with van der Waals surface area (Å²) in [4.78, 5) is 13.1. The fraction of sp³-hybridized carbons (Fsp3) is 0.269. The molecule has 1 fully saturated rings. The number of amides is 1. The summed E-state index contributed by atoms with van der Waals surface area (Å²) in [5, 5.41) is 2.67. The first kappa shape index (κ1) is 26.6. The van der Waals surface area contributed by atoms with Crippen LogP contribution in [-0.4, -0.2) is 53.8 Å². The van der Waals surface area contributed by atoms with Gasteiger partial charge < -0.3 is 10.1 Å². The van der Waals surface area contributed by atoms with Crippen LogP contribution in [0.3, 0.4) is 0 Å². The second-order valence-corrected chi connectivity index (χ2v) is 12.5. The molecule has 1 N–H and O–H groups in total. The van der Waals surface area contributed by atoms with E-state index in [1.807, 2.05) is 6.92 Å². The zero-order chi connectivity index (χ0) is 26.6. The Morgan fingerprint density at radius 2 is 1.43 bits per heavy atom. The van der Waals surface area contributed by atoms with Crippen molar-refractivity contribution in [1.29, 1.82) is 0 Å². The Labute approximate surface area is 217 Å². The number of nitrogens with zero attached hydrogens (tertiary/aromatic N) is 2. The summed E-state index contributed by atoms with van der Waals surface area (Å²) in [6.07, 6.45) is 1.68. The molecule has 1 aliphatic heterocycles. The fourth-order valence-electron chi connectivity index (χ4n) is 4.02. The lowest BCUT2D eigenvalue weighted by atomic mass is 10.2. The van der Waals surface area contributed by atoms with Crippen LogP contribution >= 0.6 is 0 Å². The number of aryl methyl sites for hydroxylation is 1. The van der Waals surface area contributed by atoms with E-state index in [0.717, 1.165) is 22.7 Å². The molecule has 4 rings (SSSR count). The number of ether oxygens (including phenoxy) is 1. The number of methoxy groups -OCH3 is 1. The minimum atomic E-state index is -4.08. The smallest absolute Gasteiger partial charge is 0.264 e. The summed E-state index contributed by atoms with van der Waals surface area (Å²) < 4.78 is 60.1. The first-order valence-electron chi connectivity index (χ1n) is 11.7. The van der Waals surface area contributed by atoms with E-state index in [0.29, 0.717) is 30.2 Å². The van der Waals surface area contributed by atoms with Crippen molar-refractivity contribution in [3.63, 3.8) is 0 Å². The highest BCUT2D eigenvalue weighted by molar-refractivity contribution is 7.92. The molecule has 0 saturated carbocycles. The minimum Gasteiger partial charge on any atom is -0.497 e. The Kier molecular flexibility index (Phi) is 7.86. The SMILES string of the molecule is COc1ccc(S(=O)(=O)N(CC(=O)Nc2ccc(S(=O)(=O)N3CCCC3)cc2)c2ccc(C)cc2)cc1. The van der Waals surface area contributed by atoms with Gasteiger partial charge in [-0.15, -0.1) is 0 Å². The molecular formula is C26H29N3O6S2. The van der Waals surface area contributed by atoms with Crippen molar-refractivity contribution < 1.29 is 26.4 Å². The number of sulfonamides is 2. The Bertz CT molecular complexity index is 1450. The molecule has 0 radical (unpaired) electrons. The minimum absolute atomic E-state index is 0.0122. The number of nitrogens with one attached hydrogen (secondary N) is 1. The third kappa shape index (κ3) is 5.95. The predicted molar refractivity (Wildman–Crippen MR) is 142 cm³/mol. The standard InChI is InChI=1S/C26H29N3O6S2/c1-20-5-9-22(10-6-20)29(37(33,34)25-15-11-23(35-2)12-16-25)19-26(30)27-21-7-13-24(14-8-21)36(31,32)28-17-3-4-18-28/h5-16H,3-4,17-19H2,1-2H3,(H,27,30). The highest BCUT2D eigenvalue weighted by Crippen LogP contribution is 2.26. The molecule has 9 nitrogen and oxygen atoms in total. The van der Waals surface area contributed by atoms with Gasteiger partial charge in [-0.3, -0.25) is 9.10 Å². The second-order valence-electron chi connectivity index (χ2n) is 8.71. The van der Waals surface area contributed by atoms with E-state index in [1.54, 1.807) is 24.3 Å².